The monoisotopic (exact) mass is 301 g/mol. The van der Waals surface area contributed by atoms with Crippen LogP contribution in [0.4, 0.5) is 4.39 Å². The molecule has 3 nitrogen and oxygen atoms in total. The normalized spacial score (nSPS) is 17.1. The molecule has 0 amide bonds. The zero-order valence-corrected chi connectivity index (χ0v) is 12.3. The third kappa shape index (κ3) is 3.57. The predicted octanol–water partition coefficient (Wildman–Crippen LogP) is 3.65. The summed E-state index contributed by atoms with van der Waals surface area (Å²) in [6.07, 6.45) is 1.89. The van der Waals surface area contributed by atoms with Gasteiger partial charge in [0.2, 0.25) is 0 Å². The van der Waals surface area contributed by atoms with E-state index in [-0.39, 0.29) is 11.9 Å². The van der Waals surface area contributed by atoms with Crippen molar-refractivity contribution in [1.82, 2.24) is 5.32 Å². The summed E-state index contributed by atoms with van der Waals surface area (Å²) in [4.78, 5) is 0. The number of nitrogens with one attached hydrogen (secondary N) is 1. The Hall–Kier alpha value is -2.07. The van der Waals surface area contributed by atoms with E-state index in [4.69, 9.17) is 4.74 Å². The minimum atomic E-state index is -0.493. The van der Waals surface area contributed by atoms with Crippen LogP contribution in [0.25, 0.3) is 0 Å². The molecule has 3 rings (SSSR count). The smallest absolute Gasteiger partial charge is 0.130 e. The van der Waals surface area contributed by atoms with Crippen LogP contribution in [0.15, 0.2) is 48.5 Å². The Labute approximate surface area is 129 Å². The molecule has 1 heterocycles. The molecule has 1 fully saturated rings. The van der Waals surface area contributed by atoms with Crippen molar-refractivity contribution in [2.24, 2.45) is 5.92 Å². The fourth-order valence-corrected chi connectivity index (χ4v) is 2.99. The lowest BCUT2D eigenvalue weighted by molar-refractivity contribution is 0.112. The molecular formula is C18H20FNO2. The Kier molecular flexibility index (Phi) is 4.59. The quantitative estimate of drug-likeness (QED) is 0.905. The molecule has 2 N–H and O–H groups in total. The van der Waals surface area contributed by atoms with Crippen molar-refractivity contribution in [3.8, 4) is 11.5 Å². The van der Waals surface area contributed by atoms with E-state index in [1.54, 1.807) is 0 Å². The minimum absolute atomic E-state index is 0.118. The maximum atomic E-state index is 13.5. The first kappa shape index (κ1) is 14.9. The lowest BCUT2D eigenvalue weighted by Gasteiger charge is -2.31. The van der Waals surface area contributed by atoms with Crippen molar-refractivity contribution in [3.05, 3.63) is 59.9 Å². The van der Waals surface area contributed by atoms with Crippen LogP contribution in [0.2, 0.25) is 0 Å². The highest BCUT2D eigenvalue weighted by atomic mass is 19.1. The highest BCUT2D eigenvalue weighted by molar-refractivity contribution is 5.34. The van der Waals surface area contributed by atoms with Gasteiger partial charge in [0.25, 0.3) is 0 Å². The van der Waals surface area contributed by atoms with Gasteiger partial charge in [-0.2, -0.15) is 0 Å². The molecular weight excluding hydrogens is 281 g/mol. The van der Waals surface area contributed by atoms with Crippen LogP contribution in [0.1, 0.15) is 24.5 Å². The molecule has 0 saturated carbocycles. The molecule has 1 aliphatic rings. The summed E-state index contributed by atoms with van der Waals surface area (Å²) in [5, 5.41) is 12.9. The molecule has 2 aromatic rings. The van der Waals surface area contributed by atoms with Crippen molar-refractivity contribution in [2.75, 3.05) is 13.1 Å². The molecule has 0 aliphatic carbocycles. The number of benzene rings is 2. The van der Waals surface area contributed by atoms with Gasteiger partial charge in [-0.1, -0.05) is 30.3 Å². The summed E-state index contributed by atoms with van der Waals surface area (Å²) in [7, 11) is 0. The number of piperidine rings is 1. The molecule has 4 heteroatoms. The van der Waals surface area contributed by atoms with Crippen molar-refractivity contribution >= 4 is 0 Å². The zero-order valence-electron chi connectivity index (χ0n) is 12.3. The zero-order chi connectivity index (χ0) is 15.4. The second kappa shape index (κ2) is 6.79. The van der Waals surface area contributed by atoms with E-state index in [0.29, 0.717) is 11.7 Å². The number of phenolic OH excluding ortho intramolecular Hbond substituents is 1. The van der Waals surface area contributed by atoms with Crippen LogP contribution in [-0.2, 0) is 0 Å². The third-order valence-electron chi connectivity index (χ3n) is 4.06. The maximum Gasteiger partial charge on any atom is 0.130 e. The van der Waals surface area contributed by atoms with E-state index < -0.39 is 5.82 Å². The molecule has 0 aromatic heterocycles. The molecule has 1 saturated heterocycles. The van der Waals surface area contributed by atoms with Gasteiger partial charge >= 0.3 is 0 Å². The standard InChI is InChI=1S/C18H20FNO2/c19-15-10-16(21)12-17(11-15)22-18(13-4-2-1-3-5-13)14-6-8-20-9-7-14/h1-5,10-12,14,18,20-21H,6-9H2/t18-/m1/s1. The van der Waals surface area contributed by atoms with Gasteiger partial charge in [-0.15, -0.1) is 0 Å². The lowest BCUT2D eigenvalue weighted by atomic mass is 9.88. The SMILES string of the molecule is Oc1cc(F)cc(O[C@H](c2ccccc2)C2CCNCC2)c1. The average molecular weight is 301 g/mol. The number of rotatable bonds is 4. The van der Waals surface area contributed by atoms with Gasteiger partial charge < -0.3 is 15.2 Å². The van der Waals surface area contributed by atoms with Gasteiger partial charge in [0, 0.05) is 24.1 Å². The Morgan fingerprint density at radius 3 is 2.50 bits per heavy atom. The van der Waals surface area contributed by atoms with E-state index in [2.05, 4.69) is 5.32 Å². The summed E-state index contributed by atoms with van der Waals surface area (Å²) >= 11 is 0. The van der Waals surface area contributed by atoms with E-state index in [1.807, 2.05) is 30.3 Å². The Bertz CT molecular complexity index is 591. The number of hydrogen-bond donors (Lipinski definition) is 2. The fourth-order valence-electron chi connectivity index (χ4n) is 2.99. The molecule has 1 atom stereocenters. The summed E-state index contributed by atoms with van der Waals surface area (Å²) in [6.45, 7) is 1.93. The van der Waals surface area contributed by atoms with E-state index >= 15 is 0 Å². The number of aromatic hydroxyl groups is 1. The number of halogens is 1. The molecule has 0 spiro atoms. The van der Waals surface area contributed by atoms with Gasteiger partial charge in [-0.05, 0) is 31.5 Å². The number of ether oxygens (including phenoxy) is 1. The second-order valence-corrected chi connectivity index (χ2v) is 5.68. The summed E-state index contributed by atoms with van der Waals surface area (Å²) in [5.41, 5.74) is 1.08. The van der Waals surface area contributed by atoms with Gasteiger partial charge in [-0.25, -0.2) is 4.39 Å². The lowest BCUT2D eigenvalue weighted by Crippen LogP contribution is -2.32. The summed E-state index contributed by atoms with van der Waals surface area (Å²) in [6, 6.07) is 13.9. The van der Waals surface area contributed by atoms with Crippen LogP contribution in [-0.4, -0.2) is 18.2 Å². The highest BCUT2D eigenvalue weighted by Gasteiger charge is 2.27. The van der Waals surface area contributed by atoms with Gasteiger partial charge in [0.1, 0.15) is 23.4 Å². The molecule has 22 heavy (non-hydrogen) atoms. The second-order valence-electron chi connectivity index (χ2n) is 5.68. The molecule has 2 aromatic carbocycles. The van der Waals surface area contributed by atoms with Gasteiger partial charge in [-0.3, -0.25) is 0 Å². The van der Waals surface area contributed by atoms with Crippen LogP contribution in [0.5, 0.6) is 11.5 Å². The van der Waals surface area contributed by atoms with Crippen LogP contribution >= 0.6 is 0 Å². The maximum absolute atomic E-state index is 13.5. The first-order valence-electron chi connectivity index (χ1n) is 7.64. The van der Waals surface area contributed by atoms with E-state index in [9.17, 15) is 9.50 Å². The van der Waals surface area contributed by atoms with Crippen molar-refractivity contribution in [3.63, 3.8) is 0 Å². The summed E-state index contributed by atoms with van der Waals surface area (Å²) < 4.78 is 19.5. The highest BCUT2D eigenvalue weighted by Crippen LogP contribution is 2.34. The van der Waals surface area contributed by atoms with Crippen LogP contribution in [0, 0.1) is 11.7 Å². The van der Waals surface area contributed by atoms with E-state index in [1.165, 1.54) is 12.1 Å². The number of hydrogen-bond acceptors (Lipinski definition) is 3. The first-order chi connectivity index (χ1) is 10.7. The van der Waals surface area contributed by atoms with Crippen molar-refractivity contribution in [1.29, 1.82) is 0 Å². The largest absolute Gasteiger partial charge is 0.508 e. The summed E-state index contributed by atoms with van der Waals surface area (Å²) in [5.74, 6) is 0.123. The predicted molar refractivity (Wildman–Crippen MR) is 83.5 cm³/mol. The van der Waals surface area contributed by atoms with Gasteiger partial charge in [0.05, 0.1) is 0 Å². The first-order valence-corrected chi connectivity index (χ1v) is 7.64. The molecule has 0 radical (unpaired) electrons. The van der Waals surface area contributed by atoms with Crippen LogP contribution < -0.4 is 10.1 Å². The van der Waals surface area contributed by atoms with Crippen LogP contribution in [0.3, 0.4) is 0 Å². The third-order valence-corrected chi connectivity index (χ3v) is 4.06. The van der Waals surface area contributed by atoms with Crippen molar-refractivity contribution < 1.29 is 14.2 Å². The van der Waals surface area contributed by atoms with Gasteiger partial charge in [0.15, 0.2) is 0 Å². The van der Waals surface area contributed by atoms with Crippen molar-refractivity contribution in [2.45, 2.75) is 18.9 Å². The van der Waals surface area contributed by atoms with E-state index in [0.717, 1.165) is 37.6 Å². The Balaban J connectivity index is 1.87. The number of phenols is 1. The topological polar surface area (TPSA) is 41.5 Å². The Morgan fingerprint density at radius 1 is 1.09 bits per heavy atom. The molecule has 0 unspecified atom stereocenters. The molecule has 116 valence electrons. The Morgan fingerprint density at radius 2 is 1.82 bits per heavy atom. The minimum Gasteiger partial charge on any atom is -0.508 e. The fraction of sp³-hybridized carbons (Fsp3) is 0.333. The molecule has 1 aliphatic heterocycles. The average Bonchev–Trinajstić information content (AvgIpc) is 2.53. The molecule has 0 bridgehead atoms.